The van der Waals surface area contributed by atoms with Gasteiger partial charge in [-0.2, -0.15) is 13.2 Å². The van der Waals surface area contributed by atoms with Gasteiger partial charge in [-0.3, -0.25) is 14.6 Å². The van der Waals surface area contributed by atoms with E-state index >= 15 is 0 Å². The van der Waals surface area contributed by atoms with E-state index in [-0.39, 0.29) is 16.4 Å². The molecule has 0 atom stereocenters. The molecule has 3 heterocycles. The number of hydrogen-bond donors (Lipinski definition) is 1. The minimum absolute atomic E-state index is 0.0782. The number of fused-ring (bicyclic) bond motifs is 1. The van der Waals surface area contributed by atoms with Crippen LogP contribution in [0.3, 0.4) is 0 Å². The molecule has 142 valence electrons. The van der Waals surface area contributed by atoms with Crippen LogP contribution in [0.15, 0.2) is 12.3 Å². The molecule has 26 heavy (non-hydrogen) atoms. The van der Waals surface area contributed by atoms with Crippen molar-refractivity contribution >= 4 is 23.2 Å². The van der Waals surface area contributed by atoms with Crippen molar-refractivity contribution in [2.24, 2.45) is 0 Å². The highest BCUT2D eigenvalue weighted by atomic mass is 35.5. The summed E-state index contributed by atoms with van der Waals surface area (Å²) in [5.74, 6) is -0.491. The maximum atomic E-state index is 13.1. The van der Waals surface area contributed by atoms with Crippen LogP contribution in [0.4, 0.5) is 13.2 Å². The van der Waals surface area contributed by atoms with E-state index in [9.17, 15) is 18.0 Å². The topological polar surface area (TPSA) is 52.9 Å². The Hall–Kier alpha value is -1.84. The quantitative estimate of drug-likeness (QED) is 0.876. The maximum Gasteiger partial charge on any atom is 0.417 e. The lowest BCUT2D eigenvalue weighted by molar-refractivity contribution is -0.137. The summed E-state index contributed by atoms with van der Waals surface area (Å²) in [5.41, 5.74) is 2.46. The summed E-state index contributed by atoms with van der Waals surface area (Å²) in [7, 11) is 1.99. The van der Waals surface area contributed by atoms with Crippen molar-refractivity contribution in [2.45, 2.75) is 19.5 Å². The normalized spacial score (nSPS) is 17.0. The Bertz CT molecular complexity index is 827. The number of halogens is 4. The zero-order valence-electron chi connectivity index (χ0n) is 14.4. The minimum Gasteiger partial charge on any atom is -0.304 e. The van der Waals surface area contributed by atoms with Gasteiger partial charge >= 0.3 is 6.18 Å². The molecular weight excluding hydrogens is 371 g/mol. The zero-order chi connectivity index (χ0) is 19.1. The number of aromatic nitrogens is 2. The molecular formula is C16H19ClF3N5O. The first kappa shape index (κ1) is 18.9. The van der Waals surface area contributed by atoms with Crippen LogP contribution in [-0.2, 0) is 12.6 Å². The predicted molar refractivity (Wildman–Crippen MR) is 91.1 cm³/mol. The van der Waals surface area contributed by atoms with E-state index in [1.165, 1.54) is 0 Å². The Kier molecular flexibility index (Phi) is 5.14. The van der Waals surface area contributed by atoms with Crippen molar-refractivity contribution in [3.05, 3.63) is 34.2 Å². The molecule has 6 nitrogen and oxygen atoms in total. The lowest BCUT2D eigenvalue weighted by Crippen LogP contribution is -2.52. The van der Waals surface area contributed by atoms with Gasteiger partial charge in [-0.15, -0.1) is 0 Å². The van der Waals surface area contributed by atoms with Crippen molar-refractivity contribution in [3.8, 4) is 0 Å². The molecule has 10 heteroatoms. The van der Waals surface area contributed by atoms with Crippen molar-refractivity contribution < 1.29 is 18.0 Å². The molecule has 1 aliphatic heterocycles. The fourth-order valence-corrected chi connectivity index (χ4v) is 3.16. The van der Waals surface area contributed by atoms with Gasteiger partial charge in [0.15, 0.2) is 5.65 Å². The molecule has 0 saturated carbocycles. The molecule has 1 amide bonds. The Morgan fingerprint density at radius 2 is 1.96 bits per heavy atom. The minimum atomic E-state index is -4.57. The number of carbonyl (C=O) groups excluding carboxylic acids is 1. The second-order valence-corrected chi connectivity index (χ2v) is 6.67. The van der Waals surface area contributed by atoms with Crippen LogP contribution in [0.5, 0.6) is 0 Å². The van der Waals surface area contributed by atoms with Crippen molar-refractivity contribution in [2.75, 3.05) is 33.2 Å². The Balaban J connectivity index is 2.00. The van der Waals surface area contributed by atoms with Gasteiger partial charge < -0.3 is 4.90 Å². The third-order valence-electron chi connectivity index (χ3n) is 4.39. The summed E-state index contributed by atoms with van der Waals surface area (Å²) >= 11 is 5.99. The van der Waals surface area contributed by atoms with Crippen molar-refractivity contribution in [1.82, 2.24) is 24.7 Å². The highest BCUT2D eigenvalue weighted by molar-refractivity contribution is 6.33. The van der Waals surface area contributed by atoms with Crippen LogP contribution in [0, 0.1) is 0 Å². The number of carbonyl (C=O) groups is 1. The SMILES string of the molecule is CCc1nc2c(Cl)cc(C(F)(F)F)cn2c1C(=O)NN1CCN(C)CC1. The largest absolute Gasteiger partial charge is 0.417 e. The molecule has 0 aliphatic carbocycles. The van der Waals surface area contributed by atoms with E-state index in [0.717, 1.165) is 29.8 Å². The highest BCUT2D eigenvalue weighted by Crippen LogP contribution is 2.33. The van der Waals surface area contributed by atoms with Gasteiger partial charge in [0.05, 0.1) is 16.3 Å². The molecule has 1 saturated heterocycles. The lowest BCUT2D eigenvalue weighted by Gasteiger charge is -2.32. The molecule has 2 aromatic rings. The molecule has 1 aliphatic rings. The molecule has 0 spiro atoms. The summed E-state index contributed by atoms with van der Waals surface area (Å²) in [6, 6.07) is 0.825. The van der Waals surface area contributed by atoms with Crippen LogP contribution < -0.4 is 5.43 Å². The summed E-state index contributed by atoms with van der Waals surface area (Å²) in [6.07, 6.45) is -3.31. The van der Waals surface area contributed by atoms with Gasteiger partial charge in [0.2, 0.25) is 0 Å². The highest BCUT2D eigenvalue weighted by Gasteiger charge is 2.33. The fourth-order valence-electron chi connectivity index (χ4n) is 2.91. The number of rotatable bonds is 3. The number of likely N-dealkylation sites (N-methyl/N-ethyl adjacent to an activating group) is 1. The Labute approximate surface area is 153 Å². The van der Waals surface area contributed by atoms with Gasteiger partial charge in [0, 0.05) is 32.4 Å². The second-order valence-electron chi connectivity index (χ2n) is 6.26. The average molecular weight is 390 g/mol. The van der Waals surface area contributed by atoms with Crippen LogP contribution in [0.2, 0.25) is 5.02 Å². The summed E-state index contributed by atoms with van der Waals surface area (Å²) < 4.78 is 40.5. The van der Waals surface area contributed by atoms with E-state index in [4.69, 9.17) is 11.6 Å². The molecule has 1 N–H and O–H groups in total. The van der Waals surface area contributed by atoms with E-state index in [1.54, 1.807) is 11.9 Å². The van der Waals surface area contributed by atoms with E-state index in [1.807, 2.05) is 7.05 Å². The predicted octanol–water partition coefficient (Wildman–Crippen LogP) is 2.46. The Morgan fingerprint density at radius 1 is 1.31 bits per heavy atom. The number of alkyl halides is 3. The zero-order valence-corrected chi connectivity index (χ0v) is 15.2. The van der Waals surface area contributed by atoms with Crippen LogP contribution >= 0.6 is 11.6 Å². The average Bonchev–Trinajstić information content (AvgIpc) is 2.95. The number of piperazine rings is 1. The number of imidazole rings is 1. The first-order chi connectivity index (χ1) is 12.2. The van der Waals surface area contributed by atoms with Gasteiger partial charge in [0.1, 0.15) is 5.69 Å². The molecule has 1 fully saturated rings. The van der Waals surface area contributed by atoms with E-state index < -0.39 is 17.6 Å². The van der Waals surface area contributed by atoms with Crippen LogP contribution in [-0.4, -0.2) is 58.4 Å². The fraction of sp³-hybridized carbons (Fsp3) is 0.500. The third-order valence-corrected chi connectivity index (χ3v) is 4.67. The van der Waals surface area contributed by atoms with E-state index in [0.29, 0.717) is 25.2 Å². The molecule has 0 radical (unpaired) electrons. The number of hydrogen-bond acceptors (Lipinski definition) is 4. The number of amides is 1. The molecule has 3 rings (SSSR count). The molecule has 0 unspecified atom stereocenters. The number of nitrogens with one attached hydrogen (secondary N) is 1. The number of nitrogens with zero attached hydrogens (tertiary/aromatic N) is 4. The molecule has 0 aromatic carbocycles. The number of aryl methyl sites for hydroxylation is 1. The van der Waals surface area contributed by atoms with Crippen molar-refractivity contribution in [3.63, 3.8) is 0 Å². The lowest BCUT2D eigenvalue weighted by atomic mass is 10.2. The molecule has 0 bridgehead atoms. The summed E-state index contributed by atoms with van der Waals surface area (Å²) in [6.45, 7) is 4.63. The monoisotopic (exact) mass is 389 g/mol. The summed E-state index contributed by atoms with van der Waals surface area (Å²) in [4.78, 5) is 19.2. The standard InChI is InChI=1S/C16H19ClF3N5O/c1-3-12-13(15(26)22-24-6-4-23(2)5-7-24)25-9-10(16(18,19)20)8-11(17)14(25)21-12/h8-9H,3-7H2,1-2H3,(H,22,26). The van der Waals surface area contributed by atoms with Gasteiger partial charge in [-0.1, -0.05) is 18.5 Å². The first-order valence-electron chi connectivity index (χ1n) is 8.23. The maximum absolute atomic E-state index is 13.1. The Morgan fingerprint density at radius 3 is 2.54 bits per heavy atom. The number of pyridine rings is 1. The molecule has 2 aromatic heterocycles. The van der Waals surface area contributed by atoms with E-state index in [2.05, 4.69) is 15.3 Å². The number of hydrazine groups is 1. The second kappa shape index (κ2) is 7.05. The van der Waals surface area contributed by atoms with Crippen LogP contribution in [0.1, 0.15) is 28.7 Å². The van der Waals surface area contributed by atoms with Gasteiger partial charge in [-0.25, -0.2) is 9.99 Å². The van der Waals surface area contributed by atoms with Crippen LogP contribution in [0.25, 0.3) is 5.65 Å². The van der Waals surface area contributed by atoms with Gasteiger partial charge in [-0.05, 0) is 19.5 Å². The third kappa shape index (κ3) is 3.65. The summed E-state index contributed by atoms with van der Waals surface area (Å²) in [5, 5.41) is 1.62. The first-order valence-corrected chi connectivity index (χ1v) is 8.60. The van der Waals surface area contributed by atoms with Gasteiger partial charge in [0.25, 0.3) is 5.91 Å². The van der Waals surface area contributed by atoms with Crippen molar-refractivity contribution in [1.29, 1.82) is 0 Å². The smallest absolute Gasteiger partial charge is 0.304 e.